The van der Waals surface area contributed by atoms with Crippen molar-refractivity contribution in [1.82, 2.24) is 24.3 Å². The smallest absolute Gasteiger partial charge is 0.164 e. The Morgan fingerprint density at radius 1 is 0.271 bits per heavy atom. The molecule has 0 N–H and O–H groups in total. The number of benzene rings is 10. The fraction of sp³-hybridized carbons (Fsp3) is 0. The third-order valence-corrected chi connectivity index (χ3v) is 13.7. The van der Waals surface area contributed by atoms with Crippen molar-refractivity contribution in [3.8, 4) is 78.7 Å². The monoisotopic (exact) mass is 893 g/mol. The van der Waals surface area contributed by atoms with Gasteiger partial charge in [-0.1, -0.05) is 182 Å². The lowest BCUT2D eigenvalue weighted by Crippen LogP contribution is -2.00. The molecule has 70 heavy (non-hydrogen) atoms. The number of aromatic nitrogens is 5. The van der Waals surface area contributed by atoms with Crippen LogP contribution in [0.3, 0.4) is 0 Å². The van der Waals surface area contributed by atoms with E-state index in [0.29, 0.717) is 17.5 Å². The number of pyridine rings is 1. The molecule has 0 amide bonds. The topological polar surface area (TPSA) is 69.1 Å². The van der Waals surface area contributed by atoms with Crippen LogP contribution < -0.4 is 0 Å². The summed E-state index contributed by atoms with van der Waals surface area (Å²) in [5.74, 6) is 1.85. The average molecular weight is 894 g/mol. The van der Waals surface area contributed by atoms with Gasteiger partial charge in [0, 0.05) is 44.4 Å². The molecule has 10 aromatic carbocycles. The molecule has 0 atom stereocenters. The van der Waals surface area contributed by atoms with E-state index in [1.807, 2.05) is 24.3 Å². The molecule has 0 radical (unpaired) electrons. The summed E-state index contributed by atoms with van der Waals surface area (Å²) in [6.45, 7) is 0. The van der Waals surface area contributed by atoms with E-state index in [2.05, 4.69) is 217 Å². The van der Waals surface area contributed by atoms with Gasteiger partial charge < -0.3 is 4.42 Å². The molecule has 14 rings (SSSR count). The molecule has 14 aromatic rings. The van der Waals surface area contributed by atoms with Crippen LogP contribution in [0.15, 0.2) is 241 Å². The molecule has 0 unspecified atom stereocenters. The van der Waals surface area contributed by atoms with Crippen molar-refractivity contribution in [2.24, 2.45) is 0 Å². The van der Waals surface area contributed by atoms with E-state index >= 15 is 0 Å². The second-order valence-electron chi connectivity index (χ2n) is 17.8. The molecule has 0 saturated heterocycles. The summed E-state index contributed by atoms with van der Waals surface area (Å²) in [7, 11) is 0. The van der Waals surface area contributed by atoms with Crippen molar-refractivity contribution in [3.63, 3.8) is 0 Å². The summed E-state index contributed by atoms with van der Waals surface area (Å²) in [5.41, 5.74) is 16.4. The highest BCUT2D eigenvalue weighted by molar-refractivity contribution is 6.24. The van der Waals surface area contributed by atoms with Gasteiger partial charge in [0.05, 0.1) is 11.0 Å². The molecule has 6 nitrogen and oxygen atoms in total. The third kappa shape index (κ3) is 6.73. The molecule has 6 heteroatoms. The molecule has 4 aromatic heterocycles. The number of hydrogen-bond acceptors (Lipinski definition) is 5. The lowest BCUT2D eigenvalue weighted by molar-refractivity contribution is 0.669. The van der Waals surface area contributed by atoms with Crippen LogP contribution in [-0.2, 0) is 0 Å². The van der Waals surface area contributed by atoms with Crippen molar-refractivity contribution in [3.05, 3.63) is 237 Å². The Morgan fingerprint density at radius 3 is 1.44 bits per heavy atom. The van der Waals surface area contributed by atoms with Gasteiger partial charge in [-0.25, -0.2) is 19.9 Å². The van der Waals surface area contributed by atoms with Crippen molar-refractivity contribution >= 4 is 60.2 Å². The van der Waals surface area contributed by atoms with E-state index in [9.17, 15) is 0 Å². The minimum absolute atomic E-state index is 0.611. The zero-order valence-electron chi connectivity index (χ0n) is 37.7. The van der Waals surface area contributed by atoms with Crippen LogP contribution in [0.4, 0.5) is 0 Å². The zero-order chi connectivity index (χ0) is 46.1. The van der Waals surface area contributed by atoms with Gasteiger partial charge in [-0.15, -0.1) is 0 Å². The maximum atomic E-state index is 6.14. The molecule has 4 heterocycles. The van der Waals surface area contributed by atoms with E-state index in [-0.39, 0.29) is 0 Å². The maximum absolute atomic E-state index is 6.14. The van der Waals surface area contributed by atoms with Crippen LogP contribution in [0.5, 0.6) is 0 Å². The first-order chi connectivity index (χ1) is 34.6. The van der Waals surface area contributed by atoms with Crippen LogP contribution in [0.25, 0.3) is 139 Å². The molecule has 326 valence electrons. The number of rotatable bonds is 7. The van der Waals surface area contributed by atoms with Crippen LogP contribution in [0.2, 0.25) is 0 Å². The Hall–Kier alpha value is -9.52. The summed E-state index contributed by atoms with van der Waals surface area (Å²) in [4.78, 5) is 20.7. The highest BCUT2D eigenvalue weighted by Gasteiger charge is 2.18. The molecule has 0 aliphatic heterocycles. The maximum Gasteiger partial charge on any atom is 0.164 e. The SMILES string of the molecule is c1ccc(-c2cccc(-c3nc(-c4ccc(-c5ccc6c(c5)c5ccccc5c5nc7cc(-c8ccc9oc%10ccccc%10c9c8)ccn7c65)cc4)nc(-c4cccc(-c5ccccc5)c4)n3)c2)cc1. The number of furan rings is 1. The van der Waals surface area contributed by atoms with Crippen molar-refractivity contribution in [2.75, 3.05) is 0 Å². The second kappa shape index (κ2) is 16.1. The molecule has 0 bridgehead atoms. The second-order valence-corrected chi connectivity index (χ2v) is 17.8. The number of fused-ring (bicyclic) bond motifs is 11. The third-order valence-electron chi connectivity index (χ3n) is 13.7. The quantitative estimate of drug-likeness (QED) is 0.149. The minimum Gasteiger partial charge on any atom is -0.456 e. The zero-order valence-corrected chi connectivity index (χ0v) is 37.7. The number of nitrogens with zero attached hydrogens (tertiary/aromatic N) is 5. The van der Waals surface area contributed by atoms with Gasteiger partial charge in [0.15, 0.2) is 17.5 Å². The largest absolute Gasteiger partial charge is 0.456 e. The van der Waals surface area contributed by atoms with Gasteiger partial charge in [0.1, 0.15) is 16.8 Å². The van der Waals surface area contributed by atoms with Crippen molar-refractivity contribution in [2.45, 2.75) is 0 Å². The van der Waals surface area contributed by atoms with Gasteiger partial charge in [-0.05, 0) is 104 Å². The summed E-state index contributed by atoms with van der Waals surface area (Å²) in [6, 6.07) is 80.7. The van der Waals surface area contributed by atoms with Crippen LogP contribution in [0.1, 0.15) is 0 Å². The van der Waals surface area contributed by atoms with Gasteiger partial charge in [-0.2, -0.15) is 0 Å². The fourth-order valence-electron chi connectivity index (χ4n) is 10.2. The molecule has 0 spiro atoms. The van der Waals surface area contributed by atoms with Gasteiger partial charge in [0.2, 0.25) is 0 Å². The lowest BCUT2D eigenvalue weighted by Gasteiger charge is -2.12. The molecular weight excluding hydrogens is 855 g/mol. The first-order valence-electron chi connectivity index (χ1n) is 23.5. The molecule has 0 saturated carbocycles. The van der Waals surface area contributed by atoms with E-state index < -0.39 is 0 Å². The van der Waals surface area contributed by atoms with Gasteiger partial charge >= 0.3 is 0 Å². The number of hydrogen-bond donors (Lipinski definition) is 0. The van der Waals surface area contributed by atoms with Crippen LogP contribution >= 0.6 is 0 Å². The van der Waals surface area contributed by atoms with Crippen LogP contribution in [0, 0.1) is 0 Å². The van der Waals surface area contributed by atoms with Gasteiger partial charge in [0.25, 0.3) is 0 Å². The summed E-state index contributed by atoms with van der Waals surface area (Å²) >= 11 is 0. The van der Waals surface area contributed by atoms with Crippen molar-refractivity contribution in [1.29, 1.82) is 0 Å². The fourth-order valence-corrected chi connectivity index (χ4v) is 10.2. The number of imidazole rings is 1. The predicted octanol–water partition coefficient (Wildman–Crippen LogP) is 16.5. The molecule has 0 fully saturated rings. The summed E-state index contributed by atoms with van der Waals surface area (Å²) in [6.07, 6.45) is 2.16. The Balaban J connectivity index is 0.852. The highest BCUT2D eigenvalue weighted by atomic mass is 16.3. The molecule has 0 aliphatic rings. The van der Waals surface area contributed by atoms with Crippen molar-refractivity contribution < 1.29 is 4.42 Å². The van der Waals surface area contributed by atoms with E-state index in [0.717, 1.165) is 111 Å². The van der Waals surface area contributed by atoms with E-state index in [1.54, 1.807) is 0 Å². The first-order valence-corrected chi connectivity index (χ1v) is 23.5. The Bertz CT molecular complexity index is 4250. The van der Waals surface area contributed by atoms with E-state index in [1.165, 1.54) is 10.8 Å². The van der Waals surface area contributed by atoms with Crippen LogP contribution in [-0.4, -0.2) is 24.3 Å². The van der Waals surface area contributed by atoms with Gasteiger partial charge in [-0.3, -0.25) is 4.40 Å². The van der Waals surface area contributed by atoms with E-state index in [4.69, 9.17) is 24.4 Å². The Labute approximate surface area is 402 Å². The first kappa shape index (κ1) is 39.6. The Morgan fingerprint density at radius 2 is 0.743 bits per heavy atom. The standard InChI is InChI=1S/C64H39N5O/c1-3-13-40(14-4-1)44-17-11-19-49(35-44)63-66-62(67-64(68-63)50-20-12-18-45(36-50)41-15-5-2-6-16-41)43-27-25-42(26-28-43)46-29-31-54-55(37-46)51-21-7-8-23-53(51)60-61(54)69-34-33-48(39-59(69)65-60)47-30-32-58-56(38-47)52-22-9-10-24-57(52)70-58/h1-39H. The normalized spacial score (nSPS) is 11.7. The number of para-hydroxylation sites is 1. The highest BCUT2D eigenvalue weighted by Crippen LogP contribution is 2.40. The molecular formula is C64H39N5O. The summed E-state index contributed by atoms with van der Waals surface area (Å²) < 4.78 is 8.37. The Kier molecular flexibility index (Phi) is 9.10. The average Bonchev–Trinajstić information content (AvgIpc) is 4.02. The lowest BCUT2D eigenvalue weighted by atomic mass is 9.95. The summed E-state index contributed by atoms with van der Waals surface area (Å²) in [5, 5.41) is 6.85. The predicted molar refractivity (Wildman–Crippen MR) is 286 cm³/mol. The molecule has 0 aliphatic carbocycles. The minimum atomic E-state index is 0.611.